The second-order valence-corrected chi connectivity index (χ2v) is 6.78. The van der Waals surface area contributed by atoms with E-state index >= 15 is 0 Å². The van der Waals surface area contributed by atoms with Gasteiger partial charge in [-0.2, -0.15) is 0 Å². The van der Waals surface area contributed by atoms with Gasteiger partial charge in [-0.1, -0.05) is 13.3 Å². The van der Waals surface area contributed by atoms with Crippen LogP contribution in [0.5, 0.6) is 0 Å². The number of nitrogens with one attached hydrogen (secondary N) is 1. The van der Waals surface area contributed by atoms with Crippen molar-refractivity contribution in [3.8, 4) is 0 Å². The minimum absolute atomic E-state index is 0.0375. The summed E-state index contributed by atoms with van der Waals surface area (Å²) in [6.07, 6.45) is 1.75. The van der Waals surface area contributed by atoms with Crippen molar-refractivity contribution in [2.75, 3.05) is 25.4 Å². The molecule has 2 unspecified atom stereocenters. The van der Waals surface area contributed by atoms with E-state index in [0.29, 0.717) is 5.75 Å². The van der Waals surface area contributed by atoms with Gasteiger partial charge >= 0.3 is 5.97 Å². The number of aliphatic carboxylic acids is 1. The molecule has 114 valence electrons. The molecule has 0 aromatic carbocycles. The summed E-state index contributed by atoms with van der Waals surface area (Å²) in [7, 11) is 0. The van der Waals surface area contributed by atoms with Gasteiger partial charge in [-0.3, -0.25) is 4.79 Å². The van der Waals surface area contributed by atoms with E-state index in [9.17, 15) is 14.7 Å². The van der Waals surface area contributed by atoms with Gasteiger partial charge in [-0.05, 0) is 13.3 Å². The lowest BCUT2D eigenvalue weighted by molar-refractivity contribution is -0.156. The Morgan fingerprint density at radius 2 is 2.20 bits per heavy atom. The number of thioether (sulfide) groups is 1. The largest absolute Gasteiger partial charge is 0.480 e. The lowest BCUT2D eigenvalue weighted by Crippen LogP contribution is -2.60. The second-order valence-electron chi connectivity index (χ2n) is 5.57. The molecule has 2 heterocycles. The first-order valence-electron chi connectivity index (χ1n) is 6.97. The average Bonchev–Trinajstić information content (AvgIpc) is 2.78. The lowest BCUT2D eigenvalue weighted by Gasteiger charge is -2.39. The highest BCUT2D eigenvalue weighted by Crippen LogP contribution is 2.32. The minimum atomic E-state index is -0.930. The second kappa shape index (κ2) is 6.32. The van der Waals surface area contributed by atoms with E-state index in [-0.39, 0.29) is 23.5 Å². The van der Waals surface area contributed by atoms with Gasteiger partial charge in [0.05, 0.1) is 11.0 Å². The Bertz CT molecular complexity index is 387. The topological polar surface area (TPSA) is 78.9 Å². The average molecular weight is 302 g/mol. The first-order chi connectivity index (χ1) is 9.47. The van der Waals surface area contributed by atoms with Crippen LogP contribution >= 0.6 is 11.8 Å². The van der Waals surface area contributed by atoms with Gasteiger partial charge in [0.2, 0.25) is 5.91 Å². The third-order valence-electron chi connectivity index (χ3n) is 3.74. The van der Waals surface area contributed by atoms with E-state index in [1.54, 1.807) is 11.8 Å². The van der Waals surface area contributed by atoms with Gasteiger partial charge in [0.1, 0.15) is 12.6 Å². The Morgan fingerprint density at radius 1 is 1.50 bits per heavy atom. The molecular weight excluding hydrogens is 280 g/mol. The van der Waals surface area contributed by atoms with Gasteiger partial charge in [0.15, 0.2) is 0 Å². The summed E-state index contributed by atoms with van der Waals surface area (Å²) in [6, 6.07) is -0.722. The van der Waals surface area contributed by atoms with Crippen molar-refractivity contribution in [2.45, 2.75) is 43.7 Å². The standard InChI is InChI=1S/C13H22N2O4S/c1-3-4-11-15(9(6-20-11)12(17)18)10(16)5-19-13(2)7-14-8-13/h9,11,14H,3-8H2,1-2H3,(H,17,18). The van der Waals surface area contributed by atoms with E-state index in [2.05, 4.69) is 5.32 Å². The molecule has 0 aliphatic carbocycles. The quantitative estimate of drug-likeness (QED) is 0.745. The van der Waals surface area contributed by atoms with E-state index in [1.165, 1.54) is 4.90 Å². The van der Waals surface area contributed by atoms with Crippen molar-refractivity contribution < 1.29 is 19.4 Å². The van der Waals surface area contributed by atoms with Crippen LogP contribution in [0, 0.1) is 0 Å². The maximum absolute atomic E-state index is 12.3. The molecular formula is C13H22N2O4S. The van der Waals surface area contributed by atoms with Crippen LogP contribution < -0.4 is 5.32 Å². The molecule has 6 nitrogen and oxygen atoms in total. The molecule has 2 aliphatic rings. The fourth-order valence-corrected chi connectivity index (χ4v) is 3.98. The molecule has 0 radical (unpaired) electrons. The summed E-state index contributed by atoms with van der Waals surface area (Å²) in [5.74, 6) is -0.681. The van der Waals surface area contributed by atoms with Gasteiger partial charge < -0.3 is 20.1 Å². The SMILES string of the molecule is CCCC1SCC(C(=O)O)N1C(=O)COC1(C)CNC1. The number of hydrogen-bond acceptors (Lipinski definition) is 5. The molecule has 7 heteroatoms. The summed E-state index contributed by atoms with van der Waals surface area (Å²) in [5.41, 5.74) is -0.290. The number of hydrogen-bond donors (Lipinski definition) is 2. The smallest absolute Gasteiger partial charge is 0.327 e. The van der Waals surface area contributed by atoms with Gasteiger partial charge in [0, 0.05) is 18.8 Å². The van der Waals surface area contributed by atoms with Crippen LogP contribution in [0.25, 0.3) is 0 Å². The van der Waals surface area contributed by atoms with Crippen LogP contribution in [0.4, 0.5) is 0 Å². The van der Waals surface area contributed by atoms with Crippen molar-refractivity contribution in [3.63, 3.8) is 0 Å². The summed E-state index contributed by atoms with van der Waals surface area (Å²) < 4.78 is 5.64. The Balaban J connectivity index is 1.97. The molecule has 0 aromatic heterocycles. The number of rotatable bonds is 6. The van der Waals surface area contributed by atoms with Crippen molar-refractivity contribution in [1.82, 2.24) is 10.2 Å². The Kier molecular flexibility index (Phi) is 4.93. The number of carboxylic acids is 1. The van der Waals surface area contributed by atoms with E-state index in [4.69, 9.17) is 4.74 Å². The Hall–Kier alpha value is -0.790. The van der Waals surface area contributed by atoms with Crippen LogP contribution in [0.2, 0.25) is 0 Å². The normalized spacial score (nSPS) is 28.2. The third kappa shape index (κ3) is 3.27. The summed E-state index contributed by atoms with van der Waals surface area (Å²) >= 11 is 1.55. The molecule has 0 spiro atoms. The van der Waals surface area contributed by atoms with Crippen LogP contribution in [0.15, 0.2) is 0 Å². The zero-order valence-electron chi connectivity index (χ0n) is 11.9. The predicted molar refractivity (Wildman–Crippen MR) is 76.7 cm³/mol. The molecule has 20 heavy (non-hydrogen) atoms. The number of carbonyl (C=O) groups excluding carboxylic acids is 1. The van der Waals surface area contributed by atoms with Crippen molar-refractivity contribution >= 4 is 23.6 Å². The molecule has 2 fully saturated rings. The summed E-state index contributed by atoms with van der Waals surface area (Å²) in [4.78, 5) is 25.1. The third-order valence-corrected chi connectivity index (χ3v) is 5.10. The first-order valence-corrected chi connectivity index (χ1v) is 8.02. The highest BCUT2D eigenvalue weighted by molar-refractivity contribution is 8.00. The number of ether oxygens (including phenoxy) is 1. The molecule has 1 amide bonds. The Morgan fingerprint density at radius 3 is 2.70 bits per heavy atom. The maximum atomic E-state index is 12.3. The van der Waals surface area contributed by atoms with Crippen molar-refractivity contribution in [3.05, 3.63) is 0 Å². The maximum Gasteiger partial charge on any atom is 0.327 e. The van der Waals surface area contributed by atoms with Crippen LogP contribution in [-0.4, -0.2) is 64.3 Å². The minimum Gasteiger partial charge on any atom is -0.480 e. The van der Waals surface area contributed by atoms with Gasteiger partial charge in [-0.25, -0.2) is 4.79 Å². The Labute approximate surface area is 123 Å². The van der Waals surface area contributed by atoms with E-state index in [0.717, 1.165) is 25.9 Å². The molecule has 0 saturated carbocycles. The van der Waals surface area contributed by atoms with E-state index < -0.39 is 12.0 Å². The zero-order chi connectivity index (χ0) is 14.8. The summed E-state index contributed by atoms with van der Waals surface area (Å²) in [5, 5.41) is 12.3. The molecule has 2 saturated heterocycles. The number of nitrogens with zero attached hydrogens (tertiary/aromatic N) is 1. The van der Waals surface area contributed by atoms with Crippen molar-refractivity contribution in [1.29, 1.82) is 0 Å². The van der Waals surface area contributed by atoms with Crippen LogP contribution in [0.3, 0.4) is 0 Å². The molecule has 2 N–H and O–H groups in total. The van der Waals surface area contributed by atoms with Crippen molar-refractivity contribution in [2.24, 2.45) is 0 Å². The number of carboxylic acid groups (broad SMARTS) is 1. The lowest BCUT2D eigenvalue weighted by atomic mass is 10.0. The highest BCUT2D eigenvalue weighted by Gasteiger charge is 2.42. The molecule has 2 rings (SSSR count). The van der Waals surface area contributed by atoms with Crippen LogP contribution in [-0.2, 0) is 14.3 Å². The van der Waals surface area contributed by atoms with Crippen LogP contribution in [0.1, 0.15) is 26.7 Å². The molecule has 0 aromatic rings. The fraction of sp³-hybridized carbons (Fsp3) is 0.846. The first kappa shape index (κ1) is 15.6. The highest BCUT2D eigenvalue weighted by atomic mass is 32.2. The zero-order valence-corrected chi connectivity index (χ0v) is 12.7. The molecule has 2 aliphatic heterocycles. The fourth-order valence-electron chi connectivity index (χ4n) is 2.45. The number of amides is 1. The number of carbonyl (C=O) groups is 2. The molecule has 0 bridgehead atoms. The van der Waals surface area contributed by atoms with Gasteiger partial charge in [0.25, 0.3) is 0 Å². The van der Waals surface area contributed by atoms with Gasteiger partial charge in [-0.15, -0.1) is 11.8 Å². The summed E-state index contributed by atoms with van der Waals surface area (Å²) in [6.45, 7) is 5.41. The van der Waals surface area contributed by atoms with E-state index in [1.807, 2.05) is 13.8 Å². The monoisotopic (exact) mass is 302 g/mol. The molecule has 2 atom stereocenters. The predicted octanol–water partition coefficient (Wildman–Crippen LogP) is 0.520.